The summed E-state index contributed by atoms with van der Waals surface area (Å²) in [7, 11) is 0. The molecule has 0 spiro atoms. The van der Waals surface area contributed by atoms with E-state index in [-0.39, 0.29) is 5.41 Å². The predicted molar refractivity (Wildman–Crippen MR) is 97.4 cm³/mol. The van der Waals surface area contributed by atoms with E-state index in [0.29, 0.717) is 13.2 Å². The van der Waals surface area contributed by atoms with Crippen LogP contribution in [0.25, 0.3) is 0 Å². The molecule has 3 heteroatoms. The smallest absolute Gasteiger partial charge is 0.119 e. The number of ether oxygens (including phenoxy) is 1. The van der Waals surface area contributed by atoms with Crippen molar-refractivity contribution in [2.75, 3.05) is 19.7 Å². The van der Waals surface area contributed by atoms with Gasteiger partial charge in [-0.2, -0.15) is 0 Å². The van der Waals surface area contributed by atoms with Crippen LogP contribution < -0.4 is 10.1 Å². The molecule has 1 saturated carbocycles. The van der Waals surface area contributed by atoms with Crippen LogP contribution in [-0.4, -0.2) is 30.9 Å². The van der Waals surface area contributed by atoms with Gasteiger partial charge < -0.3 is 15.2 Å². The van der Waals surface area contributed by atoms with Gasteiger partial charge in [-0.3, -0.25) is 0 Å². The minimum atomic E-state index is -0.501. The third-order valence-electron chi connectivity index (χ3n) is 4.98. The van der Waals surface area contributed by atoms with Crippen LogP contribution in [0.2, 0.25) is 0 Å². The first kappa shape index (κ1) is 17.0. The molecule has 0 amide bonds. The summed E-state index contributed by atoms with van der Waals surface area (Å²) in [5.74, 6) is 0.799. The van der Waals surface area contributed by atoms with E-state index in [1.807, 2.05) is 30.3 Å². The number of benzene rings is 2. The van der Waals surface area contributed by atoms with Crippen molar-refractivity contribution < 1.29 is 9.84 Å². The first-order valence-corrected chi connectivity index (χ1v) is 8.91. The fourth-order valence-corrected chi connectivity index (χ4v) is 3.66. The highest BCUT2D eigenvalue weighted by molar-refractivity contribution is 5.27. The molecule has 0 saturated heterocycles. The number of hydrogen-bond donors (Lipinski definition) is 2. The van der Waals surface area contributed by atoms with Gasteiger partial charge >= 0.3 is 0 Å². The average Bonchev–Trinajstić information content (AvgIpc) is 3.12. The molecule has 0 aliphatic heterocycles. The molecule has 0 aromatic heterocycles. The minimum absolute atomic E-state index is 0.223. The van der Waals surface area contributed by atoms with Crippen LogP contribution in [0.4, 0.5) is 0 Å². The van der Waals surface area contributed by atoms with Gasteiger partial charge in [-0.15, -0.1) is 0 Å². The molecule has 1 fully saturated rings. The van der Waals surface area contributed by atoms with Crippen LogP contribution in [0.5, 0.6) is 5.75 Å². The normalized spacial score (nSPS) is 17.5. The van der Waals surface area contributed by atoms with E-state index < -0.39 is 6.10 Å². The van der Waals surface area contributed by atoms with Crippen LogP contribution in [0.3, 0.4) is 0 Å². The van der Waals surface area contributed by atoms with Crippen molar-refractivity contribution in [2.45, 2.75) is 37.2 Å². The predicted octanol–water partition coefficient (Wildman–Crippen LogP) is 3.53. The Kier molecular flexibility index (Phi) is 5.89. The Morgan fingerprint density at radius 2 is 1.58 bits per heavy atom. The Morgan fingerprint density at radius 3 is 2.25 bits per heavy atom. The molecule has 1 atom stereocenters. The van der Waals surface area contributed by atoms with Crippen LogP contribution in [0.15, 0.2) is 60.7 Å². The highest BCUT2D eigenvalue weighted by atomic mass is 16.5. The van der Waals surface area contributed by atoms with Crippen molar-refractivity contribution in [2.24, 2.45) is 0 Å². The highest BCUT2D eigenvalue weighted by Gasteiger charge is 2.35. The maximum atomic E-state index is 10.2. The lowest BCUT2D eigenvalue weighted by Crippen LogP contribution is -2.40. The Bertz CT molecular complexity index is 594. The summed E-state index contributed by atoms with van der Waals surface area (Å²) in [5, 5.41) is 13.6. The molecule has 1 aliphatic carbocycles. The monoisotopic (exact) mass is 325 g/mol. The summed E-state index contributed by atoms with van der Waals surface area (Å²) >= 11 is 0. The van der Waals surface area contributed by atoms with Crippen LogP contribution >= 0.6 is 0 Å². The topological polar surface area (TPSA) is 41.5 Å². The van der Waals surface area contributed by atoms with Crippen LogP contribution in [0.1, 0.15) is 31.2 Å². The number of aliphatic hydroxyl groups excluding tert-OH is 1. The Morgan fingerprint density at radius 1 is 0.958 bits per heavy atom. The van der Waals surface area contributed by atoms with Gasteiger partial charge in [0, 0.05) is 18.5 Å². The number of aliphatic hydroxyl groups is 1. The fourth-order valence-electron chi connectivity index (χ4n) is 3.66. The maximum Gasteiger partial charge on any atom is 0.119 e. The number of rotatable bonds is 8. The fraction of sp³-hybridized carbons (Fsp3) is 0.429. The Hall–Kier alpha value is -1.84. The molecule has 3 nitrogen and oxygen atoms in total. The zero-order chi connectivity index (χ0) is 16.7. The van der Waals surface area contributed by atoms with Gasteiger partial charge in [0.05, 0.1) is 0 Å². The quantitative estimate of drug-likeness (QED) is 0.780. The lowest BCUT2D eigenvalue weighted by molar-refractivity contribution is 0.105. The lowest BCUT2D eigenvalue weighted by atomic mass is 9.79. The minimum Gasteiger partial charge on any atom is -0.491 e. The van der Waals surface area contributed by atoms with Gasteiger partial charge in [-0.25, -0.2) is 0 Å². The van der Waals surface area contributed by atoms with E-state index in [2.05, 4.69) is 35.6 Å². The molecule has 0 heterocycles. The molecular weight excluding hydrogens is 298 g/mol. The molecule has 0 radical (unpaired) electrons. The summed E-state index contributed by atoms with van der Waals surface area (Å²) in [6.45, 7) is 1.79. The second-order valence-corrected chi connectivity index (χ2v) is 6.76. The Balaban J connectivity index is 1.47. The number of nitrogens with one attached hydrogen (secondary N) is 1. The van der Waals surface area contributed by atoms with Crippen molar-refractivity contribution >= 4 is 0 Å². The maximum absolute atomic E-state index is 10.2. The van der Waals surface area contributed by atoms with Crippen molar-refractivity contribution in [1.82, 2.24) is 5.32 Å². The lowest BCUT2D eigenvalue weighted by Gasteiger charge is -2.30. The molecule has 2 N–H and O–H groups in total. The van der Waals surface area contributed by atoms with Gasteiger partial charge in [-0.05, 0) is 30.5 Å². The molecule has 1 unspecified atom stereocenters. The summed E-state index contributed by atoms with van der Waals surface area (Å²) in [6, 6.07) is 20.4. The SMILES string of the molecule is OC(CNCC1(c2ccccc2)CCCC1)COc1ccccc1. The zero-order valence-electron chi connectivity index (χ0n) is 14.2. The summed E-state index contributed by atoms with van der Waals surface area (Å²) in [4.78, 5) is 0. The van der Waals surface area contributed by atoms with E-state index in [4.69, 9.17) is 4.74 Å². The summed E-state index contributed by atoms with van der Waals surface area (Å²) in [5.41, 5.74) is 1.64. The van der Waals surface area contributed by atoms with Crippen LogP contribution in [-0.2, 0) is 5.41 Å². The van der Waals surface area contributed by atoms with Gasteiger partial charge in [0.1, 0.15) is 18.5 Å². The molecule has 0 bridgehead atoms. The van der Waals surface area contributed by atoms with E-state index in [1.165, 1.54) is 31.2 Å². The summed E-state index contributed by atoms with van der Waals surface area (Å²) in [6.07, 6.45) is 4.52. The number of hydrogen-bond acceptors (Lipinski definition) is 3. The van der Waals surface area contributed by atoms with Crippen molar-refractivity contribution in [3.63, 3.8) is 0 Å². The van der Waals surface area contributed by atoms with Crippen molar-refractivity contribution in [3.05, 3.63) is 66.2 Å². The first-order chi connectivity index (χ1) is 11.8. The average molecular weight is 325 g/mol. The van der Waals surface area contributed by atoms with Crippen molar-refractivity contribution in [1.29, 1.82) is 0 Å². The molecule has 1 aliphatic rings. The molecular formula is C21H27NO2. The standard InChI is InChI=1S/C21H27NO2/c23-19(16-24-20-11-5-2-6-12-20)15-22-17-21(13-7-8-14-21)18-9-3-1-4-10-18/h1-6,9-12,19,22-23H,7-8,13-17H2. The van der Waals surface area contributed by atoms with E-state index in [9.17, 15) is 5.11 Å². The van der Waals surface area contributed by atoms with E-state index >= 15 is 0 Å². The van der Waals surface area contributed by atoms with Gasteiger partial charge in [0.15, 0.2) is 0 Å². The highest BCUT2D eigenvalue weighted by Crippen LogP contribution is 2.40. The Labute approximate surface area is 144 Å². The molecule has 2 aromatic carbocycles. The van der Waals surface area contributed by atoms with Gasteiger partial charge in [-0.1, -0.05) is 61.4 Å². The van der Waals surface area contributed by atoms with Crippen LogP contribution in [0, 0.1) is 0 Å². The summed E-state index contributed by atoms with van der Waals surface area (Å²) < 4.78 is 5.61. The molecule has 128 valence electrons. The number of para-hydroxylation sites is 1. The third-order valence-corrected chi connectivity index (χ3v) is 4.98. The van der Waals surface area contributed by atoms with Crippen molar-refractivity contribution in [3.8, 4) is 5.75 Å². The second kappa shape index (κ2) is 8.32. The van der Waals surface area contributed by atoms with Gasteiger partial charge in [0.25, 0.3) is 0 Å². The second-order valence-electron chi connectivity index (χ2n) is 6.76. The molecule has 3 rings (SSSR count). The van der Waals surface area contributed by atoms with E-state index in [0.717, 1.165) is 12.3 Å². The molecule has 2 aromatic rings. The molecule has 24 heavy (non-hydrogen) atoms. The largest absolute Gasteiger partial charge is 0.491 e. The van der Waals surface area contributed by atoms with Gasteiger partial charge in [0.2, 0.25) is 0 Å². The first-order valence-electron chi connectivity index (χ1n) is 8.91. The third kappa shape index (κ3) is 4.37. The zero-order valence-corrected chi connectivity index (χ0v) is 14.2. The van der Waals surface area contributed by atoms with E-state index in [1.54, 1.807) is 0 Å².